The molecule has 0 aromatic rings. The molecular weight excluding hydrogens is 367 g/mol. The van der Waals surface area contributed by atoms with Crippen LogP contribution in [0.5, 0.6) is 0 Å². The number of rotatable bonds is 3. The molecular formula is C2H5BiN5O4. The zero-order valence-corrected chi connectivity index (χ0v) is 9.11. The van der Waals surface area contributed by atoms with Crippen LogP contribution in [0.1, 0.15) is 0 Å². The minimum atomic E-state index is -1.37. The number of nitrogens with zero attached hydrogens (tertiary/aromatic N) is 2. The maximum absolute atomic E-state index is 9.87. The maximum Gasteiger partial charge on any atom is 0.600 e. The summed E-state index contributed by atoms with van der Waals surface area (Å²) in [5.74, 6) is 2.45. The van der Waals surface area contributed by atoms with Gasteiger partial charge in [0.15, 0.2) is 0 Å². The fourth-order valence-electron chi connectivity index (χ4n) is 0.328. The van der Waals surface area contributed by atoms with Crippen molar-refractivity contribution in [3.05, 3.63) is 31.9 Å². The van der Waals surface area contributed by atoms with Gasteiger partial charge in [-0.1, -0.05) is 0 Å². The van der Waals surface area contributed by atoms with Gasteiger partial charge < -0.3 is 5.73 Å². The molecule has 0 aromatic heterocycles. The number of hydrogen-bond acceptors (Lipinski definition) is 7. The quantitative estimate of drug-likeness (QED) is 0.218. The van der Waals surface area contributed by atoms with Crippen molar-refractivity contribution in [3.8, 4) is 0 Å². The summed E-state index contributed by atoms with van der Waals surface area (Å²) in [5, 5.41) is 19.7. The first-order valence-electron chi connectivity index (χ1n) is 2.25. The second-order valence-electron chi connectivity index (χ2n) is 1.40. The van der Waals surface area contributed by atoms with Crippen LogP contribution in [0.3, 0.4) is 0 Å². The van der Waals surface area contributed by atoms with Crippen LogP contribution in [-0.2, 0) is 0 Å². The van der Waals surface area contributed by atoms with E-state index < -0.39 is 21.5 Å². The zero-order chi connectivity index (χ0) is 9.02. The molecule has 10 heteroatoms. The molecule has 5 N–H and O–H groups in total. The molecule has 0 saturated heterocycles. The zero-order valence-electron chi connectivity index (χ0n) is 5.63. The van der Waals surface area contributed by atoms with Gasteiger partial charge in [0.25, 0.3) is 5.82 Å². The largest absolute Gasteiger partial charge is 0.600 e. The van der Waals surface area contributed by atoms with Gasteiger partial charge in [0, 0.05) is 26.2 Å². The van der Waals surface area contributed by atoms with Crippen LogP contribution >= 0.6 is 0 Å². The Balaban J connectivity index is 0. The average molecular weight is 372 g/mol. The van der Waals surface area contributed by atoms with Gasteiger partial charge in [-0.05, 0) is 0 Å². The molecule has 0 rings (SSSR count). The Morgan fingerprint density at radius 2 is 1.58 bits per heavy atom. The van der Waals surface area contributed by atoms with Crippen LogP contribution in [0.4, 0.5) is 0 Å². The standard InChI is InChI=1S/C2H5N5O4.Bi/c3-1(5-4)2(6(8)9)7(10)11;/h5H,3-4H2;. The number of hydrazine groups is 1. The summed E-state index contributed by atoms with van der Waals surface area (Å²) >= 11 is 0. The number of nitrogens with two attached hydrogens (primary N) is 2. The van der Waals surface area contributed by atoms with E-state index in [2.05, 4.69) is 5.84 Å². The minimum Gasteiger partial charge on any atom is -0.373 e. The van der Waals surface area contributed by atoms with Gasteiger partial charge in [-0.2, -0.15) is 0 Å². The molecule has 0 aliphatic carbocycles. The van der Waals surface area contributed by atoms with Crippen molar-refractivity contribution in [2.24, 2.45) is 11.6 Å². The fraction of sp³-hybridized carbons (Fsp3) is 0. The number of nitro groups is 2. The smallest absolute Gasteiger partial charge is 0.373 e. The molecule has 0 saturated carbocycles. The normalized spacial score (nSPS) is 7.75. The molecule has 67 valence electrons. The van der Waals surface area contributed by atoms with E-state index in [0.717, 1.165) is 0 Å². The monoisotopic (exact) mass is 372 g/mol. The van der Waals surface area contributed by atoms with Gasteiger partial charge in [-0.15, -0.1) is 0 Å². The van der Waals surface area contributed by atoms with E-state index in [4.69, 9.17) is 5.73 Å². The van der Waals surface area contributed by atoms with Crippen LogP contribution < -0.4 is 17.0 Å². The van der Waals surface area contributed by atoms with Crippen LogP contribution in [0, 0.1) is 20.2 Å². The Morgan fingerprint density at radius 1 is 1.25 bits per heavy atom. The second kappa shape index (κ2) is 5.61. The molecule has 0 heterocycles. The van der Waals surface area contributed by atoms with E-state index >= 15 is 0 Å². The Hall–Kier alpha value is -1.02. The number of hydrogen-bond donors (Lipinski definition) is 3. The van der Waals surface area contributed by atoms with Crippen molar-refractivity contribution in [1.82, 2.24) is 5.43 Å². The van der Waals surface area contributed by atoms with Gasteiger partial charge in [-0.25, -0.2) is 5.84 Å². The van der Waals surface area contributed by atoms with Crippen molar-refractivity contribution in [3.63, 3.8) is 0 Å². The van der Waals surface area contributed by atoms with Crippen LogP contribution in [0.25, 0.3) is 0 Å². The Kier molecular flexibility index (Phi) is 6.34. The average Bonchev–Trinajstić information content (AvgIpc) is 1.85. The van der Waals surface area contributed by atoms with E-state index in [1.165, 1.54) is 0 Å². The first kappa shape index (κ1) is 13.6. The van der Waals surface area contributed by atoms with Crippen molar-refractivity contribution in [1.29, 1.82) is 0 Å². The maximum atomic E-state index is 9.87. The Labute approximate surface area is 85.2 Å². The van der Waals surface area contributed by atoms with Gasteiger partial charge in [0.2, 0.25) is 0 Å². The molecule has 0 fully saturated rings. The van der Waals surface area contributed by atoms with E-state index in [0.29, 0.717) is 0 Å². The van der Waals surface area contributed by atoms with E-state index in [-0.39, 0.29) is 26.2 Å². The third-order valence-corrected chi connectivity index (χ3v) is 0.742. The predicted octanol–water partition coefficient (Wildman–Crippen LogP) is -2.29. The minimum absolute atomic E-state index is 0. The summed E-state index contributed by atoms with van der Waals surface area (Å²) in [6.07, 6.45) is 0. The molecule has 12 heavy (non-hydrogen) atoms. The predicted molar refractivity (Wildman–Crippen MR) is 38.3 cm³/mol. The summed E-state index contributed by atoms with van der Waals surface area (Å²) < 4.78 is 0. The SMILES string of the molecule is NNC(N)=C([N+](=O)[O-])[N+](=O)[O-].[Bi]. The molecule has 0 amide bonds. The summed E-state index contributed by atoms with van der Waals surface area (Å²) in [7, 11) is 0. The van der Waals surface area contributed by atoms with Crippen molar-refractivity contribution >= 4 is 26.2 Å². The van der Waals surface area contributed by atoms with Gasteiger partial charge in [0.1, 0.15) is 9.85 Å². The Morgan fingerprint density at radius 3 is 1.67 bits per heavy atom. The van der Waals surface area contributed by atoms with Gasteiger partial charge >= 0.3 is 5.82 Å². The second-order valence-corrected chi connectivity index (χ2v) is 1.40. The molecule has 0 bridgehead atoms. The third kappa shape index (κ3) is 3.40. The summed E-state index contributed by atoms with van der Waals surface area (Å²) in [6.45, 7) is 0. The molecule has 0 aliphatic rings. The van der Waals surface area contributed by atoms with Crippen LogP contribution in [-0.4, -0.2) is 36.1 Å². The first-order chi connectivity index (χ1) is 5.00. The van der Waals surface area contributed by atoms with Crippen molar-refractivity contribution in [2.45, 2.75) is 0 Å². The van der Waals surface area contributed by atoms with E-state index in [1.807, 2.05) is 0 Å². The van der Waals surface area contributed by atoms with Gasteiger partial charge in [0.05, 0.1) is 0 Å². The van der Waals surface area contributed by atoms with Gasteiger partial charge in [-0.3, -0.25) is 25.7 Å². The topological polar surface area (TPSA) is 150 Å². The molecule has 3 radical (unpaired) electrons. The summed E-state index contributed by atoms with van der Waals surface area (Å²) in [6, 6.07) is 0. The molecule has 0 unspecified atom stereocenters. The first-order valence-corrected chi connectivity index (χ1v) is 2.25. The molecule has 0 atom stereocenters. The molecule has 0 spiro atoms. The van der Waals surface area contributed by atoms with Crippen molar-refractivity contribution in [2.75, 3.05) is 0 Å². The van der Waals surface area contributed by atoms with E-state index in [9.17, 15) is 20.2 Å². The Bertz CT molecular complexity index is 209. The number of nitrogens with one attached hydrogen (secondary N) is 1. The summed E-state index contributed by atoms with van der Waals surface area (Å²) in [5.41, 5.74) is 6.38. The summed E-state index contributed by atoms with van der Waals surface area (Å²) in [4.78, 5) is 17.3. The fourth-order valence-corrected chi connectivity index (χ4v) is 0.328. The molecule has 0 aromatic carbocycles. The van der Waals surface area contributed by atoms with E-state index in [1.54, 1.807) is 5.43 Å². The van der Waals surface area contributed by atoms with Crippen LogP contribution in [0.2, 0.25) is 0 Å². The van der Waals surface area contributed by atoms with Crippen molar-refractivity contribution < 1.29 is 9.85 Å². The molecule has 9 nitrogen and oxygen atoms in total. The molecule has 0 aliphatic heterocycles. The third-order valence-electron chi connectivity index (χ3n) is 0.742. The van der Waals surface area contributed by atoms with Crippen LogP contribution in [0.15, 0.2) is 11.6 Å².